The molecule has 7 nitrogen and oxygen atoms in total. The molecule has 1 aromatic carbocycles. The van der Waals surface area contributed by atoms with Crippen molar-refractivity contribution in [2.75, 3.05) is 13.1 Å². The zero-order valence-electron chi connectivity index (χ0n) is 11.2. The number of carbonyl (C=O) groups is 2. The van der Waals surface area contributed by atoms with Crippen molar-refractivity contribution in [3.63, 3.8) is 0 Å². The minimum Gasteiger partial charge on any atom is -0.481 e. The lowest BCUT2D eigenvalue weighted by Gasteiger charge is -2.20. The van der Waals surface area contributed by atoms with Gasteiger partial charge in [0.2, 0.25) is 0 Å². The van der Waals surface area contributed by atoms with Crippen LogP contribution in [0.1, 0.15) is 23.7 Å². The predicted octanol–water partition coefficient (Wildman–Crippen LogP) is 2.19. The number of nitro benzene ring substituents is 1. The number of nitro groups is 1. The van der Waals surface area contributed by atoms with Crippen LogP contribution in [-0.4, -0.2) is 39.9 Å². The monoisotopic (exact) mass is 312 g/mol. The molecule has 0 bridgehead atoms. The largest absolute Gasteiger partial charge is 0.481 e. The third-order valence-corrected chi connectivity index (χ3v) is 3.98. The van der Waals surface area contributed by atoms with Crippen molar-refractivity contribution in [1.29, 1.82) is 0 Å². The van der Waals surface area contributed by atoms with E-state index < -0.39 is 27.9 Å². The zero-order valence-corrected chi connectivity index (χ0v) is 12.0. The number of likely N-dealkylation sites (tertiary alicyclic amines) is 1. The Morgan fingerprint density at radius 2 is 2.14 bits per heavy atom. The van der Waals surface area contributed by atoms with Crippen LogP contribution in [0.3, 0.4) is 0 Å². The number of amides is 1. The van der Waals surface area contributed by atoms with Gasteiger partial charge in [-0.2, -0.15) is 0 Å². The lowest BCUT2D eigenvalue weighted by molar-refractivity contribution is -0.385. The Labute approximate surface area is 125 Å². The second-order valence-corrected chi connectivity index (χ2v) is 5.64. The van der Waals surface area contributed by atoms with Gasteiger partial charge in [-0.3, -0.25) is 19.7 Å². The number of carbonyl (C=O) groups excluding carboxylic acids is 1. The molecule has 1 atom stereocenters. The number of carboxylic acids is 1. The van der Waals surface area contributed by atoms with Crippen LogP contribution < -0.4 is 0 Å². The number of hydrogen-bond acceptors (Lipinski definition) is 4. The summed E-state index contributed by atoms with van der Waals surface area (Å²) >= 11 is 5.78. The maximum Gasteiger partial charge on any atom is 0.311 e. The van der Waals surface area contributed by atoms with Crippen molar-refractivity contribution >= 4 is 29.2 Å². The standard InChI is InChI=1S/C13H13ClN2O5/c1-13(12(18)19)5-6-15(7-13)11(17)8-3-2-4-9(14)10(8)16(20)21/h2-4H,5-7H2,1H3,(H,18,19). The van der Waals surface area contributed by atoms with E-state index in [1.54, 1.807) is 6.92 Å². The van der Waals surface area contributed by atoms with E-state index in [1.807, 2.05) is 0 Å². The van der Waals surface area contributed by atoms with Gasteiger partial charge in [-0.25, -0.2) is 0 Å². The lowest BCUT2D eigenvalue weighted by Crippen LogP contribution is -2.35. The van der Waals surface area contributed by atoms with Crippen LogP contribution in [0.15, 0.2) is 18.2 Å². The highest BCUT2D eigenvalue weighted by molar-refractivity contribution is 6.33. The molecule has 0 saturated carbocycles. The third-order valence-electron chi connectivity index (χ3n) is 3.68. The molecule has 1 saturated heterocycles. The highest BCUT2D eigenvalue weighted by Crippen LogP contribution is 2.34. The minimum absolute atomic E-state index is 0.0187. The second-order valence-electron chi connectivity index (χ2n) is 5.24. The zero-order chi connectivity index (χ0) is 15.8. The normalized spacial score (nSPS) is 21.3. The molecular weight excluding hydrogens is 300 g/mol. The van der Waals surface area contributed by atoms with Gasteiger partial charge in [0, 0.05) is 13.1 Å². The Bertz CT molecular complexity index is 633. The van der Waals surface area contributed by atoms with Gasteiger partial charge in [0.25, 0.3) is 5.91 Å². The molecule has 0 spiro atoms. The van der Waals surface area contributed by atoms with E-state index in [-0.39, 0.29) is 23.7 Å². The molecule has 1 aliphatic rings. The van der Waals surface area contributed by atoms with Gasteiger partial charge in [-0.1, -0.05) is 17.7 Å². The Morgan fingerprint density at radius 3 is 2.67 bits per heavy atom. The molecule has 1 unspecified atom stereocenters. The Hall–Kier alpha value is -2.15. The van der Waals surface area contributed by atoms with Crippen molar-refractivity contribution < 1.29 is 19.6 Å². The SMILES string of the molecule is CC1(C(=O)O)CCN(C(=O)c2cccc(Cl)c2[N+](=O)[O-])C1. The summed E-state index contributed by atoms with van der Waals surface area (Å²) in [5, 5.41) is 20.1. The molecule has 2 rings (SSSR count). The minimum atomic E-state index is -1.02. The van der Waals surface area contributed by atoms with Crippen LogP contribution in [0.2, 0.25) is 5.02 Å². The maximum atomic E-state index is 12.4. The van der Waals surface area contributed by atoms with Gasteiger partial charge in [0.1, 0.15) is 10.6 Å². The average molecular weight is 313 g/mol. The van der Waals surface area contributed by atoms with Crippen LogP contribution in [0, 0.1) is 15.5 Å². The summed E-state index contributed by atoms with van der Waals surface area (Å²) in [5.74, 6) is -1.56. The maximum absolute atomic E-state index is 12.4. The van der Waals surface area contributed by atoms with E-state index in [2.05, 4.69) is 0 Å². The number of rotatable bonds is 3. The van der Waals surface area contributed by atoms with Gasteiger partial charge < -0.3 is 10.0 Å². The number of halogens is 1. The van der Waals surface area contributed by atoms with Crippen molar-refractivity contribution in [1.82, 2.24) is 4.90 Å². The fourth-order valence-electron chi connectivity index (χ4n) is 2.35. The first-order valence-corrected chi connectivity index (χ1v) is 6.59. The van der Waals surface area contributed by atoms with Gasteiger partial charge in [0.15, 0.2) is 0 Å². The van der Waals surface area contributed by atoms with Gasteiger partial charge in [0.05, 0.1) is 10.3 Å². The number of aliphatic carboxylic acids is 1. The van der Waals surface area contributed by atoms with E-state index in [4.69, 9.17) is 16.7 Å². The van der Waals surface area contributed by atoms with E-state index in [1.165, 1.54) is 23.1 Å². The summed E-state index contributed by atoms with van der Waals surface area (Å²) in [6.45, 7) is 1.81. The summed E-state index contributed by atoms with van der Waals surface area (Å²) in [6.07, 6.45) is 0.308. The summed E-state index contributed by atoms with van der Waals surface area (Å²) in [7, 11) is 0. The van der Waals surface area contributed by atoms with Crippen LogP contribution in [0.25, 0.3) is 0 Å². The van der Waals surface area contributed by atoms with E-state index >= 15 is 0 Å². The first-order chi connectivity index (χ1) is 9.76. The van der Waals surface area contributed by atoms with Crippen molar-refractivity contribution in [3.05, 3.63) is 38.9 Å². The molecule has 0 aliphatic carbocycles. The number of hydrogen-bond donors (Lipinski definition) is 1. The quantitative estimate of drug-likeness (QED) is 0.681. The molecule has 112 valence electrons. The average Bonchev–Trinajstić information content (AvgIpc) is 2.81. The molecular formula is C13H13ClN2O5. The molecule has 1 amide bonds. The second kappa shape index (κ2) is 5.33. The van der Waals surface area contributed by atoms with Crippen molar-refractivity contribution in [2.45, 2.75) is 13.3 Å². The van der Waals surface area contributed by atoms with E-state index in [0.717, 1.165) is 0 Å². The summed E-state index contributed by atoms with van der Waals surface area (Å²) in [5.41, 5.74) is -1.60. The van der Waals surface area contributed by atoms with E-state index in [0.29, 0.717) is 6.42 Å². The first kappa shape index (κ1) is 15.2. The summed E-state index contributed by atoms with van der Waals surface area (Å²) < 4.78 is 0. The first-order valence-electron chi connectivity index (χ1n) is 6.22. The lowest BCUT2D eigenvalue weighted by atomic mass is 9.90. The van der Waals surface area contributed by atoms with Crippen LogP contribution in [-0.2, 0) is 4.79 Å². The highest BCUT2D eigenvalue weighted by Gasteiger charge is 2.43. The number of nitrogens with zero attached hydrogens (tertiary/aromatic N) is 2. The molecule has 8 heteroatoms. The van der Waals surface area contributed by atoms with Gasteiger partial charge in [-0.05, 0) is 25.5 Å². The summed E-state index contributed by atoms with van der Waals surface area (Å²) in [4.78, 5) is 35.3. The van der Waals surface area contributed by atoms with E-state index in [9.17, 15) is 19.7 Å². The van der Waals surface area contributed by atoms with Crippen LogP contribution >= 0.6 is 11.6 Å². The Balaban J connectivity index is 2.33. The predicted molar refractivity (Wildman–Crippen MR) is 74.4 cm³/mol. The molecule has 1 heterocycles. The van der Waals surface area contributed by atoms with Crippen molar-refractivity contribution in [2.24, 2.45) is 5.41 Å². The molecule has 1 N–H and O–H groups in total. The van der Waals surface area contributed by atoms with Gasteiger partial charge >= 0.3 is 11.7 Å². The third kappa shape index (κ3) is 2.69. The van der Waals surface area contributed by atoms with Crippen LogP contribution in [0.4, 0.5) is 5.69 Å². The number of benzene rings is 1. The van der Waals surface area contributed by atoms with Crippen LogP contribution in [0.5, 0.6) is 0 Å². The van der Waals surface area contributed by atoms with Gasteiger partial charge in [-0.15, -0.1) is 0 Å². The molecule has 0 radical (unpaired) electrons. The molecule has 1 aliphatic heterocycles. The fraction of sp³-hybridized carbons (Fsp3) is 0.385. The number of carboxylic acid groups (broad SMARTS) is 1. The number of para-hydroxylation sites is 1. The summed E-state index contributed by atoms with van der Waals surface area (Å²) in [6, 6.07) is 4.11. The Morgan fingerprint density at radius 1 is 1.48 bits per heavy atom. The molecule has 1 fully saturated rings. The molecule has 1 aromatic rings. The Kier molecular flexibility index (Phi) is 3.87. The molecule has 0 aromatic heterocycles. The topological polar surface area (TPSA) is 101 Å². The smallest absolute Gasteiger partial charge is 0.311 e. The molecule has 21 heavy (non-hydrogen) atoms. The fourth-order valence-corrected chi connectivity index (χ4v) is 2.60. The van der Waals surface area contributed by atoms with Crippen molar-refractivity contribution in [3.8, 4) is 0 Å². The highest BCUT2D eigenvalue weighted by atomic mass is 35.5.